The molecule has 4 heteroatoms. The standard InChI is InChI=1S/C13H25NO3/c1-3-5-6-7-8-17-13(15)11-9-16-10-12(11)14-4-2/h11-12,14H,3-10H2,1-2H3. The summed E-state index contributed by atoms with van der Waals surface area (Å²) in [5.74, 6) is -0.230. The molecular weight excluding hydrogens is 218 g/mol. The molecule has 2 unspecified atom stereocenters. The van der Waals surface area contributed by atoms with E-state index in [1.54, 1.807) is 0 Å². The van der Waals surface area contributed by atoms with Crippen LogP contribution in [0.15, 0.2) is 0 Å². The number of hydrogen-bond donors (Lipinski definition) is 1. The molecule has 0 bridgehead atoms. The van der Waals surface area contributed by atoms with Gasteiger partial charge in [-0.05, 0) is 13.0 Å². The van der Waals surface area contributed by atoms with E-state index in [2.05, 4.69) is 12.2 Å². The van der Waals surface area contributed by atoms with Crippen molar-refractivity contribution >= 4 is 5.97 Å². The van der Waals surface area contributed by atoms with Gasteiger partial charge in [0.05, 0.1) is 25.7 Å². The van der Waals surface area contributed by atoms with Gasteiger partial charge in [0.1, 0.15) is 0 Å². The third-order valence-corrected chi connectivity index (χ3v) is 3.09. The van der Waals surface area contributed by atoms with Gasteiger partial charge in [-0.3, -0.25) is 4.79 Å². The van der Waals surface area contributed by atoms with E-state index in [1.807, 2.05) is 6.92 Å². The van der Waals surface area contributed by atoms with Crippen LogP contribution in [0.3, 0.4) is 0 Å². The molecular formula is C13H25NO3. The van der Waals surface area contributed by atoms with Gasteiger partial charge in [-0.25, -0.2) is 0 Å². The lowest BCUT2D eigenvalue weighted by Crippen LogP contribution is -2.39. The lowest BCUT2D eigenvalue weighted by atomic mass is 10.0. The molecule has 0 aliphatic carbocycles. The minimum absolute atomic E-state index is 0.107. The molecule has 1 rings (SSSR count). The summed E-state index contributed by atoms with van der Waals surface area (Å²) in [5, 5.41) is 3.26. The largest absolute Gasteiger partial charge is 0.465 e. The number of esters is 1. The predicted molar refractivity (Wildman–Crippen MR) is 66.9 cm³/mol. The number of carbonyl (C=O) groups excluding carboxylic acids is 1. The number of ether oxygens (including phenoxy) is 2. The molecule has 0 spiro atoms. The van der Waals surface area contributed by atoms with Crippen LogP contribution in [-0.2, 0) is 14.3 Å². The number of nitrogens with one attached hydrogen (secondary N) is 1. The second kappa shape index (κ2) is 8.48. The van der Waals surface area contributed by atoms with Crippen LogP contribution in [0.2, 0.25) is 0 Å². The molecule has 2 atom stereocenters. The first-order valence-corrected chi connectivity index (χ1v) is 6.77. The topological polar surface area (TPSA) is 47.6 Å². The van der Waals surface area contributed by atoms with Crippen LogP contribution in [0.1, 0.15) is 39.5 Å². The molecule has 1 N–H and O–H groups in total. The molecule has 1 aliphatic heterocycles. The Labute approximate surface area is 104 Å². The Hall–Kier alpha value is -0.610. The van der Waals surface area contributed by atoms with Crippen LogP contribution >= 0.6 is 0 Å². The van der Waals surface area contributed by atoms with E-state index in [9.17, 15) is 4.79 Å². The average molecular weight is 243 g/mol. The molecule has 1 fully saturated rings. The van der Waals surface area contributed by atoms with Crippen molar-refractivity contribution in [2.24, 2.45) is 5.92 Å². The Kier molecular flexibility index (Phi) is 7.21. The maximum absolute atomic E-state index is 11.8. The summed E-state index contributed by atoms with van der Waals surface area (Å²) in [6, 6.07) is 0.128. The van der Waals surface area contributed by atoms with E-state index in [-0.39, 0.29) is 17.9 Å². The van der Waals surface area contributed by atoms with Crippen molar-refractivity contribution in [1.82, 2.24) is 5.32 Å². The zero-order valence-corrected chi connectivity index (χ0v) is 11.0. The van der Waals surface area contributed by atoms with Gasteiger partial charge in [0.2, 0.25) is 0 Å². The lowest BCUT2D eigenvalue weighted by molar-refractivity contribution is -0.149. The minimum Gasteiger partial charge on any atom is -0.465 e. The molecule has 0 saturated carbocycles. The zero-order valence-electron chi connectivity index (χ0n) is 11.0. The highest BCUT2D eigenvalue weighted by molar-refractivity contribution is 5.73. The van der Waals surface area contributed by atoms with Gasteiger partial charge in [0, 0.05) is 6.04 Å². The van der Waals surface area contributed by atoms with Crippen molar-refractivity contribution in [3.05, 3.63) is 0 Å². The first-order chi connectivity index (χ1) is 8.29. The second-order valence-electron chi connectivity index (χ2n) is 4.54. The Morgan fingerprint density at radius 2 is 2.12 bits per heavy atom. The third kappa shape index (κ3) is 5.04. The van der Waals surface area contributed by atoms with Crippen LogP contribution in [0.5, 0.6) is 0 Å². The summed E-state index contributed by atoms with van der Waals surface area (Å²) in [6.45, 7) is 6.71. The number of unbranched alkanes of at least 4 members (excludes halogenated alkanes) is 3. The summed E-state index contributed by atoms with van der Waals surface area (Å²) in [6.07, 6.45) is 4.53. The van der Waals surface area contributed by atoms with Gasteiger partial charge >= 0.3 is 5.97 Å². The molecule has 1 aliphatic rings. The molecule has 0 radical (unpaired) electrons. The van der Waals surface area contributed by atoms with Gasteiger partial charge in [0.15, 0.2) is 0 Å². The third-order valence-electron chi connectivity index (χ3n) is 3.09. The second-order valence-corrected chi connectivity index (χ2v) is 4.54. The molecule has 0 aromatic rings. The average Bonchev–Trinajstić information content (AvgIpc) is 2.77. The van der Waals surface area contributed by atoms with E-state index in [0.717, 1.165) is 19.4 Å². The molecule has 100 valence electrons. The molecule has 0 aromatic carbocycles. The molecule has 1 saturated heterocycles. The van der Waals surface area contributed by atoms with E-state index in [1.165, 1.54) is 12.8 Å². The molecule has 1 heterocycles. The van der Waals surface area contributed by atoms with Gasteiger partial charge < -0.3 is 14.8 Å². The van der Waals surface area contributed by atoms with Crippen LogP contribution in [0.4, 0.5) is 0 Å². The highest BCUT2D eigenvalue weighted by Crippen LogP contribution is 2.15. The van der Waals surface area contributed by atoms with Crippen molar-refractivity contribution in [2.45, 2.75) is 45.6 Å². The van der Waals surface area contributed by atoms with Crippen molar-refractivity contribution in [3.63, 3.8) is 0 Å². The fraction of sp³-hybridized carbons (Fsp3) is 0.923. The van der Waals surface area contributed by atoms with Crippen molar-refractivity contribution < 1.29 is 14.3 Å². The number of carbonyl (C=O) groups is 1. The SMILES string of the molecule is CCCCCCOC(=O)C1COCC1NCC. The van der Waals surface area contributed by atoms with E-state index in [4.69, 9.17) is 9.47 Å². The molecule has 17 heavy (non-hydrogen) atoms. The normalized spacial score (nSPS) is 23.9. The molecule has 0 amide bonds. The molecule has 4 nitrogen and oxygen atoms in total. The fourth-order valence-corrected chi connectivity index (χ4v) is 2.06. The first kappa shape index (κ1) is 14.5. The predicted octanol–water partition coefficient (Wildman–Crippen LogP) is 1.73. The van der Waals surface area contributed by atoms with Crippen LogP contribution in [-0.4, -0.2) is 38.4 Å². The highest BCUT2D eigenvalue weighted by Gasteiger charge is 2.34. The minimum atomic E-state index is -0.124. The zero-order chi connectivity index (χ0) is 12.5. The van der Waals surface area contributed by atoms with Gasteiger partial charge in [0.25, 0.3) is 0 Å². The van der Waals surface area contributed by atoms with Crippen LogP contribution in [0, 0.1) is 5.92 Å². The first-order valence-electron chi connectivity index (χ1n) is 6.77. The Morgan fingerprint density at radius 3 is 2.82 bits per heavy atom. The molecule has 0 aromatic heterocycles. The summed E-state index contributed by atoms with van der Waals surface area (Å²) in [7, 11) is 0. The van der Waals surface area contributed by atoms with Crippen LogP contribution < -0.4 is 5.32 Å². The Balaban J connectivity index is 2.17. The summed E-state index contributed by atoms with van der Waals surface area (Å²) in [4.78, 5) is 11.8. The quantitative estimate of drug-likeness (QED) is 0.521. The Bertz CT molecular complexity index is 221. The summed E-state index contributed by atoms with van der Waals surface area (Å²) in [5.41, 5.74) is 0. The maximum atomic E-state index is 11.8. The number of hydrogen-bond acceptors (Lipinski definition) is 4. The van der Waals surface area contributed by atoms with Crippen LogP contribution in [0.25, 0.3) is 0 Å². The number of rotatable bonds is 8. The van der Waals surface area contributed by atoms with Crippen molar-refractivity contribution in [1.29, 1.82) is 0 Å². The summed E-state index contributed by atoms with van der Waals surface area (Å²) >= 11 is 0. The highest BCUT2D eigenvalue weighted by atomic mass is 16.5. The smallest absolute Gasteiger partial charge is 0.312 e. The van der Waals surface area contributed by atoms with Gasteiger partial charge in [-0.15, -0.1) is 0 Å². The Morgan fingerprint density at radius 1 is 1.29 bits per heavy atom. The maximum Gasteiger partial charge on any atom is 0.312 e. The van der Waals surface area contributed by atoms with Crippen molar-refractivity contribution in [2.75, 3.05) is 26.4 Å². The monoisotopic (exact) mass is 243 g/mol. The lowest BCUT2D eigenvalue weighted by Gasteiger charge is -2.16. The van der Waals surface area contributed by atoms with E-state index < -0.39 is 0 Å². The van der Waals surface area contributed by atoms with Gasteiger partial charge in [-0.2, -0.15) is 0 Å². The summed E-state index contributed by atoms with van der Waals surface area (Å²) < 4.78 is 10.6. The van der Waals surface area contributed by atoms with Crippen molar-refractivity contribution in [3.8, 4) is 0 Å². The number of likely N-dealkylation sites (N-methyl/N-ethyl adjacent to an activating group) is 1. The van der Waals surface area contributed by atoms with E-state index in [0.29, 0.717) is 19.8 Å². The van der Waals surface area contributed by atoms with E-state index >= 15 is 0 Å². The van der Waals surface area contributed by atoms with Gasteiger partial charge in [-0.1, -0.05) is 33.1 Å². The fourth-order valence-electron chi connectivity index (χ4n) is 2.06.